The Bertz CT molecular complexity index is 1100. The lowest BCUT2D eigenvalue weighted by molar-refractivity contribution is 0.290. The summed E-state index contributed by atoms with van der Waals surface area (Å²) in [6, 6.07) is 23.1. The molecule has 0 unspecified atom stereocenters. The molecule has 3 aromatic rings. The first-order valence-electron chi connectivity index (χ1n) is 13.4. The van der Waals surface area contributed by atoms with Crippen LogP contribution in [0.4, 0.5) is 0 Å². The van der Waals surface area contributed by atoms with Gasteiger partial charge in [0.15, 0.2) is 0 Å². The van der Waals surface area contributed by atoms with Gasteiger partial charge in [0, 0.05) is 0 Å². The molecule has 0 spiro atoms. The Morgan fingerprint density at radius 1 is 0.474 bits per heavy atom. The summed E-state index contributed by atoms with van der Waals surface area (Å²) < 4.78 is 33.4. The first kappa shape index (κ1) is 29.8. The van der Waals surface area contributed by atoms with Crippen molar-refractivity contribution < 1.29 is 18.1 Å². The van der Waals surface area contributed by atoms with Crippen LogP contribution in [0.5, 0.6) is 17.2 Å². The van der Waals surface area contributed by atoms with Crippen molar-refractivity contribution in [2.75, 3.05) is 0 Å². The van der Waals surface area contributed by atoms with Crippen molar-refractivity contribution in [3.8, 4) is 17.2 Å². The Morgan fingerprint density at radius 2 is 0.711 bits per heavy atom. The van der Waals surface area contributed by atoms with Gasteiger partial charge in [0.1, 0.15) is 17.2 Å². The van der Waals surface area contributed by atoms with E-state index >= 15 is 0 Å². The van der Waals surface area contributed by atoms with Crippen molar-refractivity contribution >= 4 is 7.82 Å². The second-order valence-corrected chi connectivity index (χ2v) is 15.2. The third-order valence-electron chi connectivity index (χ3n) is 5.71. The Hall–Kier alpha value is -2.71. The van der Waals surface area contributed by atoms with Gasteiger partial charge in [-0.15, -0.1) is 0 Å². The molecule has 206 valence electrons. The number of phosphoric acid groups is 1. The molecule has 5 heteroatoms. The third-order valence-corrected chi connectivity index (χ3v) is 6.97. The van der Waals surface area contributed by atoms with E-state index in [-0.39, 0.29) is 16.2 Å². The summed E-state index contributed by atoms with van der Waals surface area (Å²) in [5, 5.41) is 0. The maximum Gasteiger partial charge on any atom is 0.647 e. The summed E-state index contributed by atoms with van der Waals surface area (Å²) in [5.41, 5.74) is 2.92. The third kappa shape index (κ3) is 9.55. The van der Waals surface area contributed by atoms with Gasteiger partial charge in [-0.3, -0.25) is 0 Å². The predicted molar refractivity (Wildman–Crippen MR) is 158 cm³/mol. The summed E-state index contributed by atoms with van der Waals surface area (Å²) in [6.45, 7) is 19.5. The summed E-state index contributed by atoms with van der Waals surface area (Å²) >= 11 is 0. The fourth-order valence-corrected chi connectivity index (χ4v) is 5.72. The molecular weight excluding hydrogens is 491 g/mol. The van der Waals surface area contributed by atoms with Crippen LogP contribution >= 0.6 is 7.82 Å². The highest BCUT2D eigenvalue weighted by Crippen LogP contribution is 2.52. The number of phosphoric ester groups is 1. The van der Waals surface area contributed by atoms with E-state index in [1.54, 1.807) is 0 Å². The summed E-state index contributed by atoms with van der Waals surface area (Å²) in [7, 11) is -4.16. The number of benzene rings is 3. The van der Waals surface area contributed by atoms with Gasteiger partial charge in [0.25, 0.3) is 0 Å². The molecule has 0 aliphatic heterocycles. The van der Waals surface area contributed by atoms with Gasteiger partial charge >= 0.3 is 7.82 Å². The maximum atomic E-state index is 14.6. The monoisotopic (exact) mass is 536 g/mol. The normalized spacial score (nSPS) is 12.8. The van der Waals surface area contributed by atoms with Crippen LogP contribution in [0.3, 0.4) is 0 Å². The molecule has 0 saturated carbocycles. The molecule has 0 N–H and O–H groups in total. The van der Waals surface area contributed by atoms with Crippen molar-refractivity contribution in [3.05, 3.63) is 89.5 Å². The first-order chi connectivity index (χ1) is 17.5. The van der Waals surface area contributed by atoms with E-state index in [1.807, 2.05) is 72.8 Å². The summed E-state index contributed by atoms with van der Waals surface area (Å²) in [5.74, 6) is 1.52. The molecule has 0 aliphatic rings. The number of hydrogen-bond donors (Lipinski definition) is 0. The highest BCUT2D eigenvalue weighted by Gasteiger charge is 2.36. The average Bonchev–Trinajstić information content (AvgIpc) is 2.75. The molecule has 0 bridgehead atoms. The van der Waals surface area contributed by atoms with E-state index in [2.05, 4.69) is 62.3 Å². The van der Waals surface area contributed by atoms with E-state index < -0.39 is 7.82 Å². The van der Waals surface area contributed by atoms with Crippen LogP contribution in [-0.4, -0.2) is 0 Å². The molecule has 38 heavy (non-hydrogen) atoms. The van der Waals surface area contributed by atoms with Crippen molar-refractivity contribution in [2.45, 2.75) is 81.6 Å². The molecule has 0 amide bonds. The van der Waals surface area contributed by atoms with Crippen LogP contribution < -0.4 is 13.6 Å². The highest BCUT2D eigenvalue weighted by molar-refractivity contribution is 7.49. The second-order valence-electron chi connectivity index (χ2n) is 13.8. The molecule has 0 aromatic heterocycles. The van der Waals surface area contributed by atoms with Gasteiger partial charge in [0.2, 0.25) is 0 Å². The highest BCUT2D eigenvalue weighted by atomic mass is 31.2. The van der Waals surface area contributed by atoms with Gasteiger partial charge in [-0.05, 0) is 70.4 Å². The fraction of sp³-hybridized carbons (Fsp3) is 0.455. The van der Waals surface area contributed by atoms with E-state index in [0.717, 1.165) is 36.0 Å². The molecule has 4 nitrogen and oxygen atoms in total. The largest absolute Gasteiger partial charge is 0.647 e. The molecule has 0 aliphatic carbocycles. The fourth-order valence-electron chi connectivity index (χ4n) is 4.35. The lowest BCUT2D eigenvalue weighted by atomic mass is 9.88. The second kappa shape index (κ2) is 11.6. The zero-order valence-corrected chi connectivity index (χ0v) is 25.5. The first-order valence-corrected chi connectivity index (χ1v) is 14.9. The summed E-state index contributed by atoms with van der Waals surface area (Å²) in [6.07, 6.45) is 2.26. The van der Waals surface area contributed by atoms with Crippen molar-refractivity contribution in [3.63, 3.8) is 0 Å². The van der Waals surface area contributed by atoms with Crippen molar-refractivity contribution in [1.82, 2.24) is 0 Å². The van der Waals surface area contributed by atoms with Crippen molar-refractivity contribution in [1.29, 1.82) is 0 Å². The Labute approximate surface area is 230 Å². The minimum absolute atomic E-state index is 0.0176. The molecule has 3 aromatic carbocycles. The zero-order chi connectivity index (χ0) is 28.2. The van der Waals surface area contributed by atoms with Crippen LogP contribution in [-0.2, 0) is 23.8 Å². The SMILES string of the molecule is CC(C)(C)Cc1ccccc1OP(=O)(Oc1ccccc1CC(C)(C)C)Oc1ccccc1CC(C)(C)C. The van der Waals surface area contributed by atoms with Gasteiger partial charge in [-0.25, -0.2) is 0 Å². The molecule has 0 atom stereocenters. The smallest absolute Gasteiger partial charge is 0.386 e. The topological polar surface area (TPSA) is 44.8 Å². The van der Waals surface area contributed by atoms with Gasteiger partial charge < -0.3 is 13.6 Å². The lowest BCUT2D eigenvalue weighted by Crippen LogP contribution is -2.15. The standard InChI is InChI=1S/C33H45O4P/c1-31(2,3)22-25-16-10-13-19-28(25)35-38(34,36-29-20-14-11-17-26(29)23-32(4,5)6)37-30-21-15-12-18-27(30)24-33(7,8)9/h10-21H,22-24H2,1-9H3. The van der Waals surface area contributed by atoms with Gasteiger partial charge in [-0.1, -0.05) is 117 Å². The van der Waals surface area contributed by atoms with E-state index in [9.17, 15) is 4.57 Å². The molecule has 0 radical (unpaired) electrons. The molecule has 3 rings (SSSR count). The molecular formula is C33H45O4P. The minimum Gasteiger partial charge on any atom is -0.386 e. The Kier molecular flexibility index (Phi) is 9.09. The van der Waals surface area contributed by atoms with Crippen LogP contribution in [0, 0.1) is 16.2 Å². The lowest BCUT2D eigenvalue weighted by Gasteiger charge is -2.26. The molecule has 0 fully saturated rings. The van der Waals surface area contributed by atoms with Crippen molar-refractivity contribution in [2.24, 2.45) is 16.2 Å². The molecule has 0 heterocycles. The molecule has 0 saturated heterocycles. The van der Waals surface area contributed by atoms with E-state index in [0.29, 0.717) is 17.2 Å². The number of hydrogen-bond acceptors (Lipinski definition) is 4. The van der Waals surface area contributed by atoms with Crippen LogP contribution in [0.25, 0.3) is 0 Å². The Morgan fingerprint density at radius 3 is 0.947 bits per heavy atom. The van der Waals surface area contributed by atoms with E-state index in [1.165, 1.54) is 0 Å². The Balaban J connectivity index is 2.07. The van der Waals surface area contributed by atoms with Gasteiger partial charge in [-0.2, -0.15) is 4.57 Å². The number of para-hydroxylation sites is 3. The quantitative estimate of drug-likeness (QED) is 0.255. The average molecular weight is 537 g/mol. The van der Waals surface area contributed by atoms with Crippen LogP contribution in [0.1, 0.15) is 79.0 Å². The zero-order valence-electron chi connectivity index (χ0n) is 24.6. The minimum atomic E-state index is -4.16. The summed E-state index contributed by atoms with van der Waals surface area (Å²) in [4.78, 5) is 0. The number of rotatable bonds is 9. The van der Waals surface area contributed by atoms with E-state index in [4.69, 9.17) is 13.6 Å². The van der Waals surface area contributed by atoms with Crippen LogP contribution in [0.2, 0.25) is 0 Å². The van der Waals surface area contributed by atoms with Crippen LogP contribution in [0.15, 0.2) is 72.8 Å². The van der Waals surface area contributed by atoms with Gasteiger partial charge in [0.05, 0.1) is 0 Å². The predicted octanol–water partition coefficient (Wildman–Crippen LogP) is 10.1. The maximum absolute atomic E-state index is 14.6.